The van der Waals surface area contributed by atoms with E-state index >= 15 is 0 Å². The highest BCUT2D eigenvalue weighted by atomic mass is 19.1. The van der Waals surface area contributed by atoms with Crippen LogP contribution in [0.3, 0.4) is 0 Å². The highest BCUT2D eigenvalue weighted by molar-refractivity contribution is 6.00. The predicted octanol–water partition coefficient (Wildman–Crippen LogP) is 12.0. The van der Waals surface area contributed by atoms with Gasteiger partial charge in [-0.05, 0) is 167 Å². The van der Waals surface area contributed by atoms with Gasteiger partial charge in [-0.25, -0.2) is 8.78 Å². The number of benzene rings is 5. The smallest absolute Gasteiger partial charge is 0.248 e. The maximum atomic E-state index is 13.9. The first-order valence-corrected chi connectivity index (χ1v) is 22.1. The maximum absolute atomic E-state index is 13.9. The Morgan fingerprint density at radius 3 is 1.56 bits per heavy atom. The van der Waals surface area contributed by atoms with Gasteiger partial charge < -0.3 is 25.4 Å². The van der Waals surface area contributed by atoms with Crippen molar-refractivity contribution < 1.29 is 23.4 Å². The van der Waals surface area contributed by atoms with Crippen molar-refractivity contribution in [2.75, 3.05) is 36.0 Å². The zero-order valence-corrected chi connectivity index (χ0v) is 36.5. The summed E-state index contributed by atoms with van der Waals surface area (Å²) in [5.41, 5.74) is 17.1. The molecule has 0 radical (unpaired) electrons. The van der Waals surface area contributed by atoms with Gasteiger partial charge in [-0.2, -0.15) is 0 Å². The van der Waals surface area contributed by atoms with Crippen molar-refractivity contribution in [1.29, 1.82) is 0 Å². The molecular weight excluding hydrogens is 793 g/mol. The summed E-state index contributed by atoms with van der Waals surface area (Å²) in [5.74, 6) is -0.502. The molecule has 2 fully saturated rings. The van der Waals surface area contributed by atoms with Crippen molar-refractivity contribution in [3.8, 4) is 28.0 Å². The molecule has 7 aromatic rings. The summed E-state index contributed by atoms with van der Waals surface area (Å²) >= 11 is 0. The molecule has 4 heterocycles. The Kier molecular flexibility index (Phi) is 13.0. The predicted molar refractivity (Wildman–Crippen MR) is 251 cm³/mol. The first-order chi connectivity index (χ1) is 30.4. The number of pyridine rings is 2. The number of carbonyl (C=O) groups is 1. The second-order valence-corrected chi connectivity index (χ2v) is 16.8. The van der Waals surface area contributed by atoms with E-state index in [1.165, 1.54) is 74.2 Å². The zero-order chi connectivity index (χ0) is 44.2. The van der Waals surface area contributed by atoms with Crippen LogP contribution in [-0.4, -0.2) is 47.2 Å². The quantitative estimate of drug-likeness (QED) is 0.149. The number of piperidine rings is 2. The number of aliphatic hydroxyl groups excluding tert-OH is 1. The first kappa shape index (κ1) is 43.3. The van der Waals surface area contributed by atoms with Crippen LogP contribution in [0.25, 0.3) is 44.1 Å². The van der Waals surface area contributed by atoms with Crippen LogP contribution in [0.2, 0.25) is 0 Å². The lowest BCUT2D eigenvalue weighted by molar-refractivity contribution is 0.0999. The summed E-state index contributed by atoms with van der Waals surface area (Å²) in [5, 5.41) is 12.5. The van der Waals surface area contributed by atoms with Crippen LogP contribution in [0.15, 0.2) is 109 Å². The van der Waals surface area contributed by atoms with Crippen LogP contribution in [0.5, 0.6) is 5.75 Å². The average Bonchev–Trinajstić information content (AvgIpc) is 3.29. The molecule has 3 N–H and O–H groups in total. The fourth-order valence-electron chi connectivity index (χ4n) is 9.32. The van der Waals surface area contributed by atoms with E-state index in [-0.39, 0.29) is 17.7 Å². The number of nitrogens with two attached hydrogens (primary N) is 1. The van der Waals surface area contributed by atoms with Crippen LogP contribution in [-0.2, 0) is 0 Å². The minimum Gasteiger partial charge on any atom is -0.486 e. The number of primary amides is 1. The van der Waals surface area contributed by atoms with Gasteiger partial charge in [0.2, 0.25) is 5.91 Å². The number of carbonyl (C=O) groups excluding carboxylic acids is 1. The molecule has 8 nitrogen and oxygen atoms in total. The van der Waals surface area contributed by atoms with Gasteiger partial charge in [-0.1, -0.05) is 30.3 Å². The Labute approximate surface area is 368 Å². The van der Waals surface area contributed by atoms with E-state index in [1.54, 1.807) is 55.5 Å². The third kappa shape index (κ3) is 9.51. The van der Waals surface area contributed by atoms with Gasteiger partial charge >= 0.3 is 0 Å². The van der Waals surface area contributed by atoms with Gasteiger partial charge in [0.25, 0.3) is 0 Å². The SMILES string of the molecule is Cc1nc2ccc(N3CCCCC3)cc2c(-c2ccc(F)cc2)c1C(C)O.Cc1nc2ccc(N3CCCCC3)cc2c(-c2ccc(F)cc2)c1C(C)Oc1cccc(C(N)=O)c1. The van der Waals surface area contributed by atoms with Crippen LogP contribution >= 0.6 is 0 Å². The van der Waals surface area contributed by atoms with Crippen LogP contribution in [0.1, 0.15) is 97.5 Å². The second kappa shape index (κ2) is 18.9. The van der Waals surface area contributed by atoms with E-state index in [2.05, 4.69) is 46.2 Å². The van der Waals surface area contributed by atoms with Crippen molar-refractivity contribution in [1.82, 2.24) is 9.97 Å². The summed E-state index contributed by atoms with van der Waals surface area (Å²) in [6.07, 6.45) is 6.33. The molecule has 9 rings (SSSR count). The molecule has 2 aromatic heterocycles. The zero-order valence-electron chi connectivity index (χ0n) is 36.5. The normalized spacial score (nSPS) is 15.2. The number of rotatable bonds is 9. The Hall–Kier alpha value is -6.39. The number of aromatic nitrogens is 2. The Morgan fingerprint density at radius 1 is 0.635 bits per heavy atom. The number of anilines is 2. The Balaban J connectivity index is 0.000000180. The largest absolute Gasteiger partial charge is 0.486 e. The van der Waals surface area contributed by atoms with E-state index in [0.717, 1.165) is 92.8 Å². The van der Waals surface area contributed by atoms with E-state index < -0.39 is 12.0 Å². The number of fused-ring (bicyclic) bond motifs is 2. The number of halogens is 2. The molecular formula is C53H55F2N5O3. The number of hydrogen-bond acceptors (Lipinski definition) is 7. The van der Waals surface area contributed by atoms with Gasteiger partial charge in [0.1, 0.15) is 23.5 Å². The van der Waals surface area contributed by atoms with Crippen LogP contribution < -0.4 is 20.3 Å². The molecule has 0 aliphatic carbocycles. The fraction of sp³-hybridized carbons (Fsp3) is 0.302. The van der Waals surface area contributed by atoms with Gasteiger partial charge in [0.05, 0.1) is 17.1 Å². The first-order valence-electron chi connectivity index (χ1n) is 22.1. The molecule has 63 heavy (non-hydrogen) atoms. The van der Waals surface area contributed by atoms with E-state index in [1.807, 2.05) is 20.8 Å². The van der Waals surface area contributed by atoms with E-state index in [9.17, 15) is 18.7 Å². The molecule has 324 valence electrons. The van der Waals surface area contributed by atoms with Gasteiger partial charge in [-0.3, -0.25) is 14.8 Å². The molecule has 1 amide bonds. The second-order valence-electron chi connectivity index (χ2n) is 16.8. The van der Waals surface area contributed by atoms with Gasteiger partial charge in [0.15, 0.2) is 0 Å². The third-order valence-corrected chi connectivity index (χ3v) is 12.4. The fourth-order valence-corrected chi connectivity index (χ4v) is 9.32. The molecule has 10 heteroatoms. The summed E-state index contributed by atoms with van der Waals surface area (Å²) in [6, 6.07) is 32.7. The third-order valence-electron chi connectivity index (χ3n) is 12.4. The molecule has 2 saturated heterocycles. The minimum atomic E-state index is -0.652. The molecule has 2 atom stereocenters. The van der Waals surface area contributed by atoms with E-state index in [4.69, 9.17) is 20.4 Å². The van der Waals surface area contributed by atoms with Crippen LogP contribution in [0, 0.1) is 25.5 Å². The number of aryl methyl sites for hydroxylation is 2. The minimum absolute atomic E-state index is 0.263. The van der Waals surface area contributed by atoms with Crippen molar-refractivity contribution in [2.24, 2.45) is 5.73 Å². The van der Waals surface area contributed by atoms with Crippen molar-refractivity contribution in [3.63, 3.8) is 0 Å². The summed E-state index contributed by atoms with van der Waals surface area (Å²) in [7, 11) is 0. The summed E-state index contributed by atoms with van der Waals surface area (Å²) in [6.45, 7) is 11.8. The molecule has 0 spiro atoms. The van der Waals surface area contributed by atoms with E-state index in [0.29, 0.717) is 11.3 Å². The lowest BCUT2D eigenvalue weighted by atomic mass is 9.91. The Morgan fingerprint density at radius 2 is 1.10 bits per heavy atom. The molecule has 2 aliphatic rings. The summed E-state index contributed by atoms with van der Waals surface area (Å²) < 4.78 is 33.7. The topological polar surface area (TPSA) is 105 Å². The number of aliphatic hydroxyl groups is 1. The monoisotopic (exact) mass is 847 g/mol. The Bertz CT molecular complexity index is 2750. The van der Waals surface area contributed by atoms with Gasteiger partial charge in [-0.15, -0.1) is 0 Å². The number of nitrogens with zero attached hydrogens (tertiary/aromatic N) is 4. The molecule has 2 aliphatic heterocycles. The average molecular weight is 848 g/mol. The van der Waals surface area contributed by atoms with Crippen molar-refractivity contribution in [2.45, 2.75) is 78.4 Å². The van der Waals surface area contributed by atoms with Crippen molar-refractivity contribution >= 4 is 39.1 Å². The lowest BCUT2D eigenvalue weighted by Crippen LogP contribution is -2.29. The molecule has 2 unspecified atom stereocenters. The molecule has 5 aromatic carbocycles. The molecule has 0 saturated carbocycles. The lowest BCUT2D eigenvalue weighted by Gasteiger charge is -2.29. The number of ether oxygens (including phenoxy) is 1. The summed E-state index contributed by atoms with van der Waals surface area (Å²) in [4.78, 5) is 26.2. The standard InChI is InChI=1S/C30H30FN3O2.C23H25FN2O/c1-19-28(20(2)36-25-8-6-7-22(17-25)30(32)35)29(21-9-11-23(31)12-10-21)26-18-24(13-14-27(26)33-19)34-15-4-3-5-16-34;1-15-22(16(2)27)23(17-6-8-18(24)9-7-17)20-14-19(10-11-21(20)25-15)26-12-4-3-5-13-26/h6-14,17-18,20H,3-5,15-16H2,1-2H3,(H2,32,35);6-11,14,16,27H,3-5,12-13H2,1-2H3. The van der Waals surface area contributed by atoms with Crippen molar-refractivity contribution in [3.05, 3.63) is 149 Å². The van der Waals surface area contributed by atoms with Gasteiger partial charge in [0, 0.05) is 76.4 Å². The van der Waals surface area contributed by atoms with Crippen LogP contribution in [0.4, 0.5) is 20.2 Å². The maximum Gasteiger partial charge on any atom is 0.248 e. The highest BCUT2D eigenvalue weighted by Gasteiger charge is 2.24. The number of hydrogen-bond donors (Lipinski definition) is 2. The highest BCUT2D eigenvalue weighted by Crippen LogP contribution is 2.41. The number of amides is 1. The molecule has 0 bridgehead atoms.